The van der Waals surface area contributed by atoms with Crippen LogP contribution in [0.4, 0.5) is 0 Å². The van der Waals surface area contributed by atoms with Crippen molar-refractivity contribution in [2.45, 2.75) is 16.7 Å². The van der Waals surface area contributed by atoms with Gasteiger partial charge in [-0.1, -0.05) is 30.3 Å². The van der Waals surface area contributed by atoms with Crippen LogP contribution < -0.4 is 0 Å². The highest BCUT2D eigenvalue weighted by Crippen LogP contribution is 2.29. The third kappa shape index (κ3) is 3.58. The summed E-state index contributed by atoms with van der Waals surface area (Å²) < 4.78 is 51.0. The number of hydrogen-bond acceptors (Lipinski definition) is 5. The maximum absolute atomic E-state index is 13.2. The number of sulfone groups is 1. The molecule has 3 aromatic rings. The number of rotatable bonds is 5. The van der Waals surface area contributed by atoms with E-state index in [9.17, 15) is 21.6 Å². The molecule has 0 spiro atoms. The second kappa shape index (κ2) is 6.79. The molecule has 1 heterocycles. The zero-order chi connectivity index (χ0) is 19.8. The molecule has 0 aliphatic heterocycles. The fourth-order valence-corrected chi connectivity index (χ4v) is 4.93. The fraction of sp³-hybridized carbons (Fsp3) is 0.105. The van der Waals surface area contributed by atoms with Crippen LogP contribution >= 0.6 is 0 Å². The van der Waals surface area contributed by atoms with Gasteiger partial charge in [0.1, 0.15) is 0 Å². The summed E-state index contributed by atoms with van der Waals surface area (Å²) in [5.41, 5.74) is 2.04. The molecule has 1 aromatic heterocycles. The van der Waals surface area contributed by atoms with Crippen molar-refractivity contribution in [3.63, 3.8) is 0 Å². The number of aromatic nitrogens is 1. The molecule has 0 amide bonds. The standard InChI is InChI=1S/C19H17NO5S2/c1-14-6-3-4-9-18(14)19-10-15(13-21)12-20(19)27(24,25)17-8-5-7-16(11-17)26(2,22)23/h3-13H,1-2H3. The zero-order valence-corrected chi connectivity index (χ0v) is 16.3. The molecule has 0 unspecified atom stereocenters. The molecule has 0 saturated carbocycles. The van der Waals surface area contributed by atoms with Gasteiger partial charge in [0.25, 0.3) is 10.0 Å². The van der Waals surface area contributed by atoms with E-state index in [-0.39, 0.29) is 15.4 Å². The van der Waals surface area contributed by atoms with Gasteiger partial charge in [-0.05, 0) is 36.8 Å². The van der Waals surface area contributed by atoms with Crippen molar-refractivity contribution in [1.82, 2.24) is 3.97 Å². The average Bonchev–Trinajstić information content (AvgIpc) is 3.06. The molecular weight excluding hydrogens is 386 g/mol. The van der Waals surface area contributed by atoms with E-state index in [0.717, 1.165) is 21.9 Å². The highest BCUT2D eigenvalue weighted by molar-refractivity contribution is 7.91. The van der Waals surface area contributed by atoms with Gasteiger partial charge in [-0.2, -0.15) is 0 Å². The largest absolute Gasteiger partial charge is 0.298 e. The van der Waals surface area contributed by atoms with E-state index in [0.29, 0.717) is 17.5 Å². The second-order valence-corrected chi connectivity index (χ2v) is 9.97. The Morgan fingerprint density at radius 3 is 2.19 bits per heavy atom. The van der Waals surface area contributed by atoms with Gasteiger partial charge in [-0.3, -0.25) is 4.79 Å². The Hall–Kier alpha value is -2.71. The lowest BCUT2D eigenvalue weighted by atomic mass is 10.1. The fourth-order valence-electron chi connectivity index (χ4n) is 2.76. The number of benzene rings is 2. The van der Waals surface area contributed by atoms with Crippen LogP contribution in [0.15, 0.2) is 70.6 Å². The monoisotopic (exact) mass is 403 g/mol. The maximum Gasteiger partial charge on any atom is 0.268 e. The van der Waals surface area contributed by atoms with E-state index in [1.807, 2.05) is 19.1 Å². The number of hydrogen-bond donors (Lipinski definition) is 0. The number of aryl methyl sites for hydroxylation is 1. The zero-order valence-electron chi connectivity index (χ0n) is 14.7. The van der Waals surface area contributed by atoms with Crippen LogP contribution in [0.1, 0.15) is 15.9 Å². The van der Waals surface area contributed by atoms with Gasteiger partial charge in [-0.15, -0.1) is 0 Å². The lowest BCUT2D eigenvalue weighted by molar-refractivity contribution is 0.112. The van der Waals surface area contributed by atoms with Crippen LogP contribution in [0.3, 0.4) is 0 Å². The van der Waals surface area contributed by atoms with Crippen molar-refractivity contribution >= 4 is 26.1 Å². The maximum atomic E-state index is 13.2. The summed E-state index contributed by atoms with van der Waals surface area (Å²) in [5.74, 6) is 0. The Labute approximate surface area is 158 Å². The van der Waals surface area contributed by atoms with Crippen LogP contribution in [0, 0.1) is 6.92 Å². The summed E-state index contributed by atoms with van der Waals surface area (Å²) in [6.45, 7) is 1.84. The predicted molar refractivity (Wildman–Crippen MR) is 102 cm³/mol. The molecule has 3 rings (SSSR count). The third-order valence-electron chi connectivity index (χ3n) is 4.15. The number of aldehydes is 1. The lowest BCUT2D eigenvalue weighted by Crippen LogP contribution is -2.14. The van der Waals surface area contributed by atoms with Crippen molar-refractivity contribution in [2.24, 2.45) is 0 Å². The first-order chi connectivity index (χ1) is 12.6. The van der Waals surface area contributed by atoms with E-state index in [4.69, 9.17) is 0 Å². The number of nitrogens with zero attached hydrogens (tertiary/aromatic N) is 1. The summed E-state index contributed by atoms with van der Waals surface area (Å²) in [6.07, 6.45) is 2.82. The Bertz CT molecular complexity index is 1240. The van der Waals surface area contributed by atoms with Crippen molar-refractivity contribution in [3.8, 4) is 11.3 Å². The molecule has 6 nitrogen and oxygen atoms in total. The van der Waals surface area contributed by atoms with Crippen LogP contribution in [0.2, 0.25) is 0 Å². The van der Waals surface area contributed by atoms with E-state index in [1.54, 1.807) is 12.1 Å². The average molecular weight is 403 g/mol. The molecule has 8 heteroatoms. The smallest absolute Gasteiger partial charge is 0.268 e. The first-order valence-corrected chi connectivity index (χ1v) is 11.3. The van der Waals surface area contributed by atoms with E-state index < -0.39 is 19.9 Å². The van der Waals surface area contributed by atoms with Crippen molar-refractivity contribution in [2.75, 3.05) is 6.26 Å². The number of carbonyl (C=O) groups excluding carboxylic acids is 1. The van der Waals surface area contributed by atoms with Crippen LogP contribution in [0.25, 0.3) is 11.3 Å². The first-order valence-electron chi connectivity index (χ1n) is 7.94. The molecule has 0 atom stereocenters. The van der Waals surface area contributed by atoms with Crippen LogP contribution in [0.5, 0.6) is 0 Å². The molecule has 0 fully saturated rings. The molecule has 0 radical (unpaired) electrons. The van der Waals surface area contributed by atoms with Gasteiger partial charge in [-0.25, -0.2) is 20.8 Å². The lowest BCUT2D eigenvalue weighted by Gasteiger charge is -2.13. The molecule has 2 aromatic carbocycles. The molecule has 27 heavy (non-hydrogen) atoms. The van der Waals surface area contributed by atoms with E-state index in [1.165, 1.54) is 30.5 Å². The molecule has 0 aliphatic rings. The highest BCUT2D eigenvalue weighted by Gasteiger charge is 2.23. The van der Waals surface area contributed by atoms with Crippen molar-refractivity contribution < 1.29 is 21.6 Å². The minimum absolute atomic E-state index is 0.0937. The van der Waals surface area contributed by atoms with Crippen LogP contribution in [-0.4, -0.2) is 33.3 Å². The summed E-state index contributed by atoms with van der Waals surface area (Å²) >= 11 is 0. The second-order valence-electron chi connectivity index (χ2n) is 6.14. The van der Waals surface area contributed by atoms with Gasteiger partial charge in [0.05, 0.1) is 15.5 Å². The summed E-state index contributed by atoms with van der Waals surface area (Å²) in [4.78, 5) is 11.0. The van der Waals surface area contributed by atoms with Gasteiger partial charge in [0, 0.05) is 23.6 Å². The van der Waals surface area contributed by atoms with E-state index >= 15 is 0 Å². The topological polar surface area (TPSA) is 90.3 Å². The van der Waals surface area contributed by atoms with E-state index in [2.05, 4.69) is 0 Å². The van der Waals surface area contributed by atoms with Crippen LogP contribution in [-0.2, 0) is 19.9 Å². The van der Waals surface area contributed by atoms with Gasteiger partial charge < -0.3 is 0 Å². The van der Waals surface area contributed by atoms with Gasteiger partial charge in [0.15, 0.2) is 16.1 Å². The predicted octanol–water partition coefficient (Wildman–Crippen LogP) is 2.92. The first kappa shape index (κ1) is 19.1. The van der Waals surface area contributed by atoms with Crippen molar-refractivity contribution in [3.05, 3.63) is 71.9 Å². The molecule has 0 saturated heterocycles. The minimum atomic E-state index is -4.11. The quantitative estimate of drug-likeness (QED) is 0.611. The Kier molecular flexibility index (Phi) is 4.79. The minimum Gasteiger partial charge on any atom is -0.298 e. The Balaban J connectivity index is 2.26. The Morgan fingerprint density at radius 1 is 0.889 bits per heavy atom. The number of carbonyl (C=O) groups is 1. The highest BCUT2D eigenvalue weighted by atomic mass is 32.2. The molecule has 0 bridgehead atoms. The Morgan fingerprint density at radius 2 is 1.56 bits per heavy atom. The SMILES string of the molecule is Cc1ccccc1-c1cc(C=O)cn1S(=O)(=O)c1cccc(S(C)(=O)=O)c1. The summed E-state index contributed by atoms with van der Waals surface area (Å²) in [5, 5.41) is 0. The van der Waals surface area contributed by atoms with Gasteiger partial charge >= 0.3 is 0 Å². The summed E-state index contributed by atoms with van der Waals surface area (Å²) in [6, 6.07) is 13.9. The molecular formula is C19H17NO5S2. The van der Waals surface area contributed by atoms with Gasteiger partial charge in [0.2, 0.25) is 0 Å². The molecule has 140 valence electrons. The molecule has 0 aliphatic carbocycles. The normalized spacial score (nSPS) is 12.1. The third-order valence-corrected chi connectivity index (χ3v) is 6.93. The van der Waals surface area contributed by atoms with Crippen molar-refractivity contribution in [1.29, 1.82) is 0 Å². The summed E-state index contributed by atoms with van der Waals surface area (Å²) in [7, 11) is -7.68. The molecule has 0 N–H and O–H groups in total.